The maximum atomic E-state index is 14.0. The fourth-order valence-corrected chi connectivity index (χ4v) is 4.47. The van der Waals surface area contributed by atoms with Gasteiger partial charge < -0.3 is 9.80 Å². The molecule has 1 aromatic heterocycles. The fraction of sp³-hybridized carbons (Fsp3) is 0.450. The molecule has 0 bridgehead atoms. The van der Waals surface area contributed by atoms with Crippen LogP contribution in [-0.2, 0) is 11.0 Å². The molecular formula is C20H19ClF4N4O. The van der Waals surface area contributed by atoms with E-state index in [9.17, 15) is 22.4 Å². The van der Waals surface area contributed by atoms with Crippen LogP contribution >= 0.6 is 11.6 Å². The Morgan fingerprint density at radius 1 is 1.10 bits per heavy atom. The summed E-state index contributed by atoms with van der Waals surface area (Å²) in [6.07, 6.45) is -0.591. The van der Waals surface area contributed by atoms with Gasteiger partial charge in [0.2, 0.25) is 11.9 Å². The van der Waals surface area contributed by atoms with Crippen molar-refractivity contribution in [3.05, 3.63) is 47.0 Å². The number of nitrogens with zero attached hydrogens (tertiary/aromatic N) is 4. The molecule has 0 unspecified atom stereocenters. The average molecular weight is 443 g/mol. The Bertz CT molecular complexity index is 960. The topological polar surface area (TPSA) is 49.3 Å². The van der Waals surface area contributed by atoms with E-state index in [0.717, 1.165) is 18.7 Å². The first-order valence-electron chi connectivity index (χ1n) is 9.63. The maximum absolute atomic E-state index is 14.0. The third-order valence-electron chi connectivity index (χ3n) is 5.83. The van der Waals surface area contributed by atoms with Crippen LogP contribution in [0.4, 0.5) is 29.2 Å². The highest BCUT2D eigenvalue weighted by atomic mass is 35.5. The minimum atomic E-state index is -4.54. The van der Waals surface area contributed by atoms with Crippen molar-refractivity contribution in [3.8, 4) is 0 Å². The lowest BCUT2D eigenvalue weighted by molar-refractivity contribution is -0.141. The van der Waals surface area contributed by atoms with Gasteiger partial charge in [-0.25, -0.2) is 14.4 Å². The van der Waals surface area contributed by atoms with Gasteiger partial charge in [0.1, 0.15) is 11.5 Å². The molecule has 0 atom stereocenters. The number of carbonyl (C=O) groups excluding carboxylic acids is 1. The van der Waals surface area contributed by atoms with Gasteiger partial charge in [0, 0.05) is 31.4 Å². The minimum absolute atomic E-state index is 0.0194. The van der Waals surface area contributed by atoms with E-state index >= 15 is 0 Å². The number of aromatic nitrogens is 2. The standard InChI is InChI=1S/C20H19ClF4N4O/c21-14-4-3-13(12-15(14)22)29-17(30)2-1-6-19(29)7-10-28(11-8-19)18-26-9-5-16(27-18)20(23,24)25/h3-5,9,12H,1-2,6-8,10-11H2. The number of hydrogen-bond acceptors (Lipinski definition) is 4. The van der Waals surface area contributed by atoms with E-state index < -0.39 is 23.2 Å². The van der Waals surface area contributed by atoms with Crippen LogP contribution < -0.4 is 9.80 Å². The molecule has 2 aliphatic rings. The summed E-state index contributed by atoms with van der Waals surface area (Å²) in [4.78, 5) is 23.8. The van der Waals surface area contributed by atoms with E-state index in [1.165, 1.54) is 12.1 Å². The second-order valence-corrected chi connectivity index (χ2v) is 8.04. The Hall–Kier alpha value is -2.42. The van der Waals surface area contributed by atoms with Crippen LogP contribution in [0.25, 0.3) is 0 Å². The van der Waals surface area contributed by atoms with E-state index in [-0.39, 0.29) is 16.9 Å². The molecule has 0 saturated carbocycles. The number of benzene rings is 1. The molecule has 2 aliphatic heterocycles. The van der Waals surface area contributed by atoms with Crippen LogP contribution in [0.15, 0.2) is 30.5 Å². The minimum Gasteiger partial charge on any atom is -0.341 e. The fourth-order valence-electron chi connectivity index (χ4n) is 4.35. The van der Waals surface area contributed by atoms with Crippen molar-refractivity contribution in [2.75, 3.05) is 22.9 Å². The summed E-state index contributed by atoms with van der Waals surface area (Å²) >= 11 is 5.79. The maximum Gasteiger partial charge on any atom is 0.433 e. The van der Waals surface area contributed by atoms with Crippen LogP contribution in [0.2, 0.25) is 5.02 Å². The highest BCUT2D eigenvalue weighted by Gasteiger charge is 2.46. The number of carbonyl (C=O) groups is 1. The van der Waals surface area contributed by atoms with Crippen LogP contribution in [-0.4, -0.2) is 34.5 Å². The second-order valence-electron chi connectivity index (χ2n) is 7.63. The van der Waals surface area contributed by atoms with Gasteiger partial charge in [-0.3, -0.25) is 4.79 Å². The number of amides is 1. The molecule has 2 saturated heterocycles. The highest BCUT2D eigenvalue weighted by Crippen LogP contribution is 2.42. The van der Waals surface area contributed by atoms with Crippen molar-refractivity contribution in [2.45, 2.75) is 43.8 Å². The predicted molar refractivity (Wildman–Crippen MR) is 104 cm³/mol. The Labute approximate surface area is 175 Å². The normalized spacial score (nSPS) is 19.4. The van der Waals surface area contributed by atoms with E-state index in [1.807, 2.05) is 0 Å². The van der Waals surface area contributed by atoms with Crippen molar-refractivity contribution in [2.24, 2.45) is 0 Å². The second kappa shape index (κ2) is 7.68. The molecule has 0 radical (unpaired) electrons. The molecule has 1 amide bonds. The number of alkyl halides is 3. The first-order chi connectivity index (χ1) is 14.2. The van der Waals surface area contributed by atoms with Gasteiger partial charge in [-0.2, -0.15) is 13.2 Å². The summed E-state index contributed by atoms with van der Waals surface area (Å²) in [7, 11) is 0. The zero-order valence-electron chi connectivity index (χ0n) is 15.9. The summed E-state index contributed by atoms with van der Waals surface area (Å²) < 4.78 is 53.0. The lowest BCUT2D eigenvalue weighted by atomic mass is 9.78. The molecule has 5 nitrogen and oxygen atoms in total. The van der Waals surface area contributed by atoms with Crippen molar-refractivity contribution in [1.82, 2.24) is 9.97 Å². The first-order valence-corrected chi connectivity index (χ1v) is 10.0. The number of halogens is 5. The van der Waals surface area contributed by atoms with E-state index in [1.54, 1.807) is 15.9 Å². The average Bonchev–Trinajstić information content (AvgIpc) is 2.71. The third-order valence-corrected chi connectivity index (χ3v) is 6.13. The zero-order valence-corrected chi connectivity index (χ0v) is 16.7. The molecule has 4 rings (SSSR count). The lowest BCUT2D eigenvalue weighted by Crippen LogP contribution is -2.60. The number of anilines is 2. The Kier molecular flexibility index (Phi) is 5.34. The molecule has 0 N–H and O–H groups in total. The van der Waals surface area contributed by atoms with Crippen molar-refractivity contribution >= 4 is 29.1 Å². The Morgan fingerprint density at radius 2 is 1.83 bits per heavy atom. The quantitative estimate of drug-likeness (QED) is 0.624. The van der Waals surface area contributed by atoms with Crippen LogP contribution in [0, 0.1) is 5.82 Å². The Balaban J connectivity index is 1.58. The van der Waals surface area contributed by atoms with Gasteiger partial charge in [0.05, 0.1) is 10.6 Å². The third kappa shape index (κ3) is 3.82. The molecule has 10 heteroatoms. The summed E-state index contributed by atoms with van der Waals surface area (Å²) in [5.74, 6) is -0.671. The predicted octanol–water partition coefficient (Wildman–Crippen LogP) is 4.84. The van der Waals surface area contributed by atoms with Gasteiger partial charge in [0.15, 0.2) is 0 Å². The van der Waals surface area contributed by atoms with E-state index in [2.05, 4.69) is 9.97 Å². The van der Waals surface area contributed by atoms with Gasteiger partial charge >= 0.3 is 6.18 Å². The molecular weight excluding hydrogens is 424 g/mol. The molecule has 2 fully saturated rings. The molecule has 2 aromatic rings. The van der Waals surface area contributed by atoms with Crippen LogP contribution in [0.5, 0.6) is 0 Å². The number of hydrogen-bond donors (Lipinski definition) is 0. The van der Waals surface area contributed by atoms with E-state index in [4.69, 9.17) is 11.6 Å². The first kappa shape index (κ1) is 20.8. The van der Waals surface area contributed by atoms with E-state index in [0.29, 0.717) is 44.5 Å². The lowest BCUT2D eigenvalue weighted by Gasteiger charge is -2.51. The Morgan fingerprint density at radius 3 is 2.50 bits per heavy atom. The molecule has 0 aliphatic carbocycles. The molecule has 1 spiro atoms. The number of piperidine rings is 2. The molecule has 1 aromatic carbocycles. The SMILES string of the molecule is O=C1CCCC2(CCN(c3nccc(C(F)(F)F)n3)CC2)N1c1ccc(Cl)c(F)c1. The molecule has 160 valence electrons. The van der Waals surface area contributed by atoms with Gasteiger partial charge in [0.25, 0.3) is 0 Å². The number of rotatable bonds is 2. The van der Waals surface area contributed by atoms with Gasteiger partial charge in [-0.15, -0.1) is 0 Å². The monoisotopic (exact) mass is 442 g/mol. The van der Waals surface area contributed by atoms with Gasteiger partial charge in [-0.05, 0) is 49.9 Å². The smallest absolute Gasteiger partial charge is 0.341 e. The van der Waals surface area contributed by atoms with Gasteiger partial charge in [-0.1, -0.05) is 11.6 Å². The summed E-state index contributed by atoms with van der Waals surface area (Å²) in [6, 6.07) is 5.15. The van der Waals surface area contributed by atoms with Crippen molar-refractivity contribution in [3.63, 3.8) is 0 Å². The largest absolute Gasteiger partial charge is 0.433 e. The van der Waals surface area contributed by atoms with Crippen LogP contribution in [0.3, 0.4) is 0 Å². The zero-order chi connectivity index (χ0) is 21.5. The van der Waals surface area contributed by atoms with Crippen LogP contribution in [0.1, 0.15) is 37.8 Å². The van der Waals surface area contributed by atoms with Crippen molar-refractivity contribution in [1.29, 1.82) is 0 Å². The van der Waals surface area contributed by atoms with Crippen molar-refractivity contribution < 1.29 is 22.4 Å². The summed E-state index contributed by atoms with van der Waals surface area (Å²) in [5, 5.41) is -0.0197. The summed E-state index contributed by atoms with van der Waals surface area (Å²) in [5.41, 5.74) is -1.06. The molecule has 30 heavy (non-hydrogen) atoms. The highest BCUT2D eigenvalue weighted by molar-refractivity contribution is 6.30. The molecule has 3 heterocycles. The summed E-state index contributed by atoms with van der Waals surface area (Å²) in [6.45, 7) is 0.780.